The zero-order chi connectivity index (χ0) is 23.2. The maximum atomic E-state index is 13.4. The molecule has 2 fully saturated rings. The molecule has 5 rings (SSSR count). The lowest BCUT2D eigenvalue weighted by Gasteiger charge is -2.37. The number of aromatic hydroxyl groups is 1. The summed E-state index contributed by atoms with van der Waals surface area (Å²) >= 11 is 0. The molecule has 3 aromatic rings. The van der Waals surface area contributed by atoms with Crippen molar-refractivity contribution in [3.63, 3.8) is 0 Å². The second kappa shape index (κ2) is 8.23. The van der Waals surface area contributed by atoms with Gasteiger partial charge in [-0.3, -0.25) is 14.7 Å². The van der Waals surface area contributed by atoms with Crippen LogP contribution in [0, 0.1) is 6.92 Å². The smallest absolute Gasteiger partial charge is 0.252 e. The lowest BCUT2D eigenvalue weighted by atomic mass is 9.97. The lowest BCUT2D eigenvalue weighted by Crippen LogP contribution is -2.48. The molecule has 1 saturated carbocycles. The minimum absolute atomic E-state index is 0.0528. The molecule has 1 atom stereocenters. The van der Waals surface area contributed by atoms with Crippen LogP contribution in [0.3, 0.4) is 0 Å². The Morgan fingerprint density at radius 2 is 2.12 bits per heavy atom. The molecular formula is C26H29N3O4. The summed E-state index contributed by atoms with van der Waals surface area (Å²) in [6, 6.07) is 11.4. The number of likely N-dealkylation sites (N-methyl/N-ethyl adjacent to an activating group) is 1. The van der Waals surface area contributed by atoms with E-state index in [1.54, 1.807) is 25.4 Å². The molecule has 1 aliphatic carbocycles. The fraction of sp³-hybridized carbons (Fsp3) is 0.385. The molecule has 2 N–H and O–H groups in total. The Morgan fingerprint density at radius 3 is 2.79 bits per heavy atom. The first-order valence-corrected chi connectivity index (χ1v) is 11.3. The van der Waals surface area contributed by atoms with Crippen LogP contribution in [0.15, 0.2) is 42.6 Å². The van der Waals surface area contributed by atoms with Gasteiger partial charge < -0.3 is 19.9 Å². The van der Waals surface area contributed by atoms with Crippen LogP contribution < -0.4 is 14.8 Å². The molecule has 7 heteroatoms. The number of nitrogens with one attached hydrogen (secondary N) is 1. The van der Waals surface area contributed by atoms with Crippen LogP contribution in [-0.2, 0) is 5.54 Å². The highest BCUT2D eigenvalue weighted by molar-refractivity contribution is 5.98. The van der Waals surface area contributed by atoms with E-state index in [0.717, 1.165) is 42.3 Å². The van der Waals surface area contributed by atoms with Gasteiger partial charge in [-0.15, -0.1) is 0 Å². The van der Waals surface area contributed by atoms with E-state index >= 15 is 0 Å². The van der Waals surface area contributed by atoms with Gasteiger partial charge >= 0.3 is 0 Å². The van der Waals surface area contributed by atoms with Gasteiger partial charge in [0.15, 0.2) is 11.5 Å². The molecule has 1 aromatic heterocycles. The van der Waals surface area contributed by atoms with E-state index in [1.807, 2.05) is 31.2 Å². The quantitative estimate of drug-likeness (QED) is 0.574. The number of nitrogens with zero attached hydrogens (tertiary/aromatic N) is 2. The highest BCUT2D eigenvalue weighted by Gasteiger charge is 2.47. The molecule has 2 aromatic carbocycles. The van der Waals surface area contributed by atoms with Gasteiger partial charge in [-0.05, 0) is 75.2 Å². The lowest BCUT2D eigenvalue weighted by molar-refractivity contribution is 0.0756. The minimum Gasteiger partial charge on any atom is -0.504 e. The van der Waals surface area contributed by atoms with E-state index < -0.39 is 5.54 Å². The van der Waals surface area contributed by atoms with Crippen LogP contribution in [0.5, 0.6) is 17.2 Å². The van der Waals surface area contributed by atoms with E-state index in [-0.39, 0.29) is 11.7 Å². The molecule has 7 nitrogen and oxygen atoms in total. The maximum Gasteiger partial charge on any atom is 0.252 e. The van der Waals surface area contributed by atoms with Gasteiger partial charge in [-0.2, -0.15) is 0 Å². The molecule has 1 amide bonds. The van der Waals surface area contributed by atoms with Crippen molar-refractivity contribution < 1.29 is 19.4 Å². The topological polar surface area (TPSA) is 83.9 Å². The zero-order valence-corrected chi connectivity index (χ0v) is 19.2. The summed E-state index contributed by atoms with van der Waals surface area (Å²) in [6.45, 7) is 3.36. The summed E-state index contributed by atoms with van der Waals surface area (Å²) in [6.07, 6.45) is 4.50. The van der Waals surface area contributed by atoms with Crippen LogP contribution >= 0.6 is 0 Å². The summed E-state index contributed by atoms with van der Waals surface area (Å²) in [5.74, 6) is 0.925. The van der Waals surface area contributed by atoms with Crippen LogP contribution in [0.25, 0.3) is 10.9 Å². The molecule has 0 bridgehead atoms. The second-order valence-corrected chi connectivity index (χ2v) is 9.15. The number of ether oxygens (including phenoxy) is 2. The van der Waals surface area contributed by atoms with Gasteiger partial charge in [0.25, 0.3) is 5.91 Å². The molecule has 1 saturated heterocycles. The Labute approximate surface area is 193 Å². The molecule has 2 heterocycles. The average molecular weight is 448 g/mol. The van der Waals surface area contributed by atoms with E-state index in [9.17, 15) is 9.90 Å². The number of aromatic nitrogens is 1. The molecule has 33 heavy (non-hydrogen) atoms. The SMILES string of the molecule is COc1cc(C2(NC(=O)c3cc(OC[C@@H]4CCN4C)c(O)cc3C)CC2)c2cccnc2c1. The predicted octanol–water partition coefficient (Wildman–Crippen LogP) is 3.76. The Bertz CT molecular complexity index is 1220. The van der Waals surface area contributed by atoms with Gasteiger partial charge in [0.05, 0.1) is 18.2 Å². The molecule has 2 aliphatic rings. The van der Waals surface area contributed by atoms with Crippen molar-refractivity contribution in [2.45, 2.75) is 37.8 Å². The summed E-state index contributed by atoms with van der Waals surface area (Å²) in [7, 11) is 3.69. The largest absolute Gasteiger partial charge is 0.504 e. The molecule has 172 valence electrons. The van der Waals surface area contributed by atoms with Crippen molar-refractivity contribution in [3.05, 3.63) is 59.3 Å². The number of phenols is 1. The first-order chi connectivity index (χ1) is 15.9. The number of methoxy groups -OCH3 is 1. The monoisotopic (exact) mass is 447 g/mol. The Morgan fingerprint density at radius 1 is 1.30 bits per heavy atom. The fourth-order valence-corrected chi connectivity index (χ4v) is 4.54. The third-order valence-corrected chi connectivity index (χ3v) is 6.97. The summed E-state index contributed by atoms with van der Waals surface area (Å²) in [4.78, 5) is 20.1. The van der Waals surface area contributed by atoms with Crippen LogP contribution in [0.2, 0.25) is 0 Å². The number of carbonyl (C=O) groups excluding carboxylic acids is 1. The van der Waals surface area contributed by atoms with E-state index in [0.29, 0.717) is 35.3 Å². The summed E-state index contributed by atoms with van der Waals surface area (Å²) in [5.41, 5.74) is 2.59. The zero-order valence-electron chi connectivity index (χ0n) is 19.2. The number of fused-ring (bicyclic) bond motifs is 1. The van der Waals surface area contributed by atoms with Crippen molar-refractivity contribution in [1.29, 1.82) is 0 Å². The number of amides is 1. The first kappa shape index (κ1) is 21.5. The number of phenolic OH excluding ortho intramolecular Hbond substituents is 1. The number of carbonyl (C=O) groups is 1. The van der Waals surface area contributed by atoms with Crippen molar-refractivity contribution in [3.8, 4) is 17.2 Å². The van der Waals surface area contributed by atoms with E-state index in [2.05, 4.69) is 22.2 Å². The third kappa shape index (κ3) is 3.97. The number of pyridine rings is 1. The van der Waals surface area contributed by atoms with E-state index in [1.165, 1.54) is 0 Å². The fourth-order valence-electron chi connectivity index (χ4n) is 4.54. The standard InChI is InChI=1S/C26H29N3O4/c1-16-11-23(30)24(33-15-17-6-10-29(17)2)14-20(16)25(31)28-26(7-8-26)21-12-18(32-3)13-22-19(21)5-4-9-27-22/h4-5,9,11-14,17,30H,6-8,10,15H2,1-3H3,(H,28,31)/t17-/m0/s1. The summed E-state index contributed by atoms with van der Waals surface area (Å²) < 4.78 is 11.4. The normalized spacial score (nSPS) is 19.1. The number of rotatable bonds is 7. The minimum atomic E-state index is -0.465. The van der Waals surface area contributed by atoms with Crippen molar-refractivity contribution in [2.24, 2.45) is 0 Å². The average Bonchev–Trinajstić information content (AvgIpc) is 3.58. The van der Waals surface area contributed by atoms with Gasteiger partial charge in [-0.25, -0.2) is 0 Å². The summed E-state index contributed by atoms with van der Waals surface area (Å²) in [5, 5.41) is 14.6. The first-order valence-electron chi connectivity index (χ1n) is 11.3. The molecule has 0 unspecified atom stereocenters. The number of likely N-dealkylation sites (tertiary alicyclic amines) is 1. The van der Waals surface area contributed by atoms with Crippen molar-refractivity contribution in [1.82, 2.24) is 15.2 Å². The van der Waals surface area contributed by atoms with Gasteiger partial charge in [-0.1, -0.05) is 6.07 Å². The number of hydrogen-bond donors (Lipinski definition) is 2. The molecule has 0 spiro atoms. The van der Waals surface area contributed by atoms with Crippen molar-refractivity contribution in [2.75, 3.05) is 27.3 Å². The Balaban J connectivity index is 1.42. The third-order valence-electron chi connectivity index (χ3n) is 6.97. The maximum absolute atomic E-state index is 13.4. The second-order valence-electron chi connectivity index (χ2n) is 9.15. The molecule has 1 aliphatic heterocycles. The molecule has 0 radical (unpaired) electrons. The number of aryl methyl sites for hydroxylation is 1. The number of hydrogen-bond acceptors (Lipinski definition) is 6. The van der Waals surface area contributed by atoms with Gasteiger partial charge in [0.1, 0.15) is 12.4 Å². The van der Waals surface area contributed by atoms with Gasteiger partial charge in [0, 0.05) is 29.3 Å². The van der Waals surface area contributed by atoms with E-state index in [4.69, 9.17) is 9.47 Å². The predicted molar refractivity (Wildman–Crippen MR) is 126 cm³/mol. The Hall–Kier alpha value is -3.32. The van der Waals surface area contributed by atoms with Crippen LogP contribution in [-0.4, -0.2) is 54.2 Å². The van der Waals surface area contributed by atoms with Gasteiger partial charge in [0.2, 0.25) is 0 Å². The Kier molecular flexibility index (Phi) is 5.37. The van der Waals surface area contributed by atoms with Crippen LogP contribution in [0.4, 0.5) is 0 Å². The highest BCUT2D eigenvalue weighted by Crippen LogP contribution is 2.49. The number of benzene rings is 2. The highest BCUT2D eigenvalue weighted by atomic mass is 16.5. The van der Waals surface area contributed by atoms with Crippen molar-refractivity contribution >= 4 is 16.8 Å². The van der Waals surface area contributed by atoms with Crippen LogP contribution in [0.1, 0.15) is 40.7 Å². The molecular weight excluding hydrogens is 418 g/mol.